The van der Waals surface area contributed by atoms with Crippen LogP contribution in [-0.2, 0) is 9.53 Å². The summed E-state index contributed by atoms with van der Waals surface area (Å²) in [6.07, 6.45) is 0.432. The Kier molecular flexibility index (Phi) is 5.71. The second-order valence-corrected chi connectivity index (χ2v) is 5.34. The highest BCUT2D eigenvalue weighted by atomic mass is 35.5. The molecule has 88 valence electrons. The minimum absolute atomic E-state index is 0.142. The Morgan fingerprint density at radius 3 is 2.62 bits per heavy atom. The topological polar surface area (TPSA) is 26.3 Å². The molecule has 16 heavy (non-hydrogen) atoms. The largest absolute Gasteiger partial charge is 0.466 e. The van der Waals surface area contributed by atoms with Crippen LogP contribution in [0.4, 0.5) is 0 Å². The van der Waals surface area contributed by atoms with E-state index in [9.17, 15) is 4.79 Å². The van der Waals surface area contributed by atoms with E-state index in [1.54, 1.807) is 11.8 Å². The summed E-state index contributed by atoms with van der Waals surface area (Å²) in [5.41, 5.74) is 0. The highest BCUT2D eigenvalue weighted by Gasteiger charge is 2.10. The molecule has 1 aromatic rings. The first kappa shape index (κ1) is 13.4. The van der Waals surface area contributed by atoms with Gasteiger partial charge in [-0.2, -0.15) is 0 Å². The van der Waals surface area contributed by atoms with Crippen molar-refractivity contribution in [1.29, 1.82) is 0 Å². The normalized spacial score (nSPS) is 12.2. The van der Waals surface area contributed by atoms with E-state index in [2.05, 4.69) is 0 Å². The second kappa shape index (κ2) is 6.81. The van der Waals surface area contributed by atoms with Crippen LogP contribution in [0.3, 0.4) is 0 Å². The molecule has 2 nitrogen and oxygen atoms in total. The molecule has 0 amide bonds. The fourth-order valence-corrected chi connectivity index (χ4v) is 2.34. The van der Waals surface area contributed by atoms with E-state index >= 15 is 0 Å². The van der Waals surface area contributed by atoms with Crippen molar-refractivity contribution in [1.82, 2.24) is 0 Å². The number of ether oxygens (including phenoxy) is 1. The smallest absolute Gasteiger partial charge is 0.306 e. The minimum atomic E-state index is -0.142. The summed E-state index contributed by atoms with van der Waals surface area (Å²) in [6.45, 7) is 4.27. The predicted octanol–water partition coefficient (Wildman–Crippen LogP) is 3.77. The van der Waals surface area contributed by atoms with Gasteiger partial charge in [0.05, 0.1) is 13.0 Å². The molecular weight excluding hydrogens is 244 g/mol. The molecule has 0 saturated heterocycles. The lowest BCUT2D eigenvalue weighted by Crippen LogP contribution is -2.10. The molecule has 0 aromatic heterocycles. The standard InChI is InChI=1S/C12H15ClO2S/c1-3-15-12(14)8-9(2)16-11-6-4-10(13)5-7-11/h4-7,9H,3,8H2,1-2H3. The Morgan fingerprint density at radius 1 is 1.44 bits per heavy atom. The third-order valence-corrected chi connectivity index (χ3v) is 3.28. The van der Waals surface area contributed by atoms with E-state index in [0.717, 1.165) is 9.92 Å². The summed E-state index contributed by atoms with van der Waals surface area (Å²) in [7, 11) is 0. The van der Waals surface area contributed by atoms with Crippen LogP contribution in [0.2, 0.25) is 5.02 Å². The average molecular weight is 259 g/mol. The molecule has 1 unspecified atom stereocenters. The van der Waals surface area contributed by atoms with Crippen LogP contribution in [-0.4, -0.2) is 17.8 Å². The minimum Gasteiger partial charge on any atom is -0.466 e. The van der Waals surface area contributed by atoms with Gasteiger partial charge in [0.25, 0.3) is 0 Å². The van der Waals surface area contributed by atoms with Gasteiger partial charge in [0.15, 0.2) is 0 Å². The average Bonchev–Trinajstić information content (AvgIpc) is 2.21. The lowest BCUT2D eigenvalue weighted by Gasteiger charge is -2.10. The fourth-order valence-electron chi connectivity index (χ4n) is 1.24. The van der Waals surface area contributed by atoms with Gasteiger partial charge in [-0.25, -0.2) is 0 Å². The predicted molar refractivity (Wildman–Crippen MR) is 68.0 cm³/mol. The molecule has 0 aliphatic heterocycles. The van der Waals surface area contributed by atoms with E-state index in [4.69, 9.17) is 16.3 Å². The lowest BCUT2D eigenvalue weighted by atomic mass is 10.3. The third kappa shape index (κ3) is 4.90. The Balaban J connectivity index is 2.42. The van der Waals surface area contributed by atoms with Gasteiger partial charge in [-0.1, -0.05) is 18.5 Å². The van der Waals surface area contributed by atoms with E-state index in [0.29, 0.717) is 13.0 Å². The van der Waals surface area contributed by atoms with Gasteiger partial charge in [0.1, 0.15) is 0 Å². The molecule has 0 bridgehead atoms. The number of hydrogen-bond donors (Lipinski definition) is 0. The number of carbonyl (C=O) groups is 1. The van der Waals surface area contributed by atoms with Crippen LogP contribution >= 0.6 is 23.4 Å². The van der Waals surface area contributed by atoms with Gasteiger partial charge >= 0.3 is 5.97 Å². The summed E-state index contributed by atoms with van der Waals surface area (Å²) in [4.78, 5) is 12.4. The number of esters is 1. The second-order valence-electron chi connectivity index (χ2n) is 3.39. The number of thioether (sulfide) groups is 1. The Hall–Kier alpha value is -0.670. The molecule has 0 heterocycles. The van der Waals surface area contributed by atoms with Crippen molar-refractivity contribution in [2.24, 2.45) is 0 Å². The zero-order valence-corrected chi connectivity index (χ0v) is 11.0. The van der Waals surface area contributed by atoms with Crippen molar-refractivity contribution >= 4 is 29.3 Å². The molecule has 0 aliphatic rings. The molecule has 0 fully saturated rings. The number of hydrogen-bond acceptors (Lipinski definition) is 3. The third-order valence-electron chi connectivity index (χ3n) is 1.91. The van der Waals surface area contributed by atoms with Crippen molar-refractivity contribution in [3.8, 4) is 0 Å². The van der Waals surface area contributed by atoms with Gasteiger partial charge in [-0.15, -0.1) is 11.8 Å². The number of carbonyl (C=O) groups excluding carboxylic acids is 1. The first-order chi connectivity index (χ1) is 7.61. The van der Waals surface area contributed by atoms with Crippen LogP contribution in [0.15, 0.2) is 29.2 Å². The maximum absolute atomic E-state index is 11.2. The van der Waals surface area contributed by atoms with Crippen LogP contribution in [0.25, 0.3) is 0 Å². The number of halogens is 1. The van der Waals surface area contributed by atoms with Crippen molar-refractivity contribution in [2.45, 2.75) is 30.4 Å². The zero-order valence-electron chi connectivity index (χ0n) is 9.40. The maximum atomic E-state index is 11.2. The molecule has 1 rings (SSSR count). The summed E-state index contributed by atoms with van der Waals surface area (Å²) < 4.78 is 4.90. The van der Waals surface area contributed by atoms with Crippen LogP contribution in [0.1, 0.15) is 20.3 Å². The van der Waals surface area contributed by atoms with Crippen LogP contribution in [0, 0.1) is 0 Å². The highest BCUT2D eigenvalue weighted by molar-refractivity contribution is 8.00. The van der Waals surface area contributed by atoms with Crippen molar-refractivity contribution < 1.29 is 9.53 Å². The van der Waals surface area contributed by atoms with E-state index < -0.39 is 0 Å². The highest BCUT2D eigenvalue weighted by Crippen LogP contribution is 2.26. The first-order valence-electron chi connectivity index (χ1n) is 5.19. The summed E-state index contributed by atoms with van der Waals surface area (Å²) >= 11 is 7.44. The lowest BCUT2D eigenvalue weighted by molar-refractivity contribution is -0.142. The summed E-state index contributed by atoms with van der Waals surface area (Å²) in [5.74, 6) is -0.142. The number of benzene rings is 1. The quantitative estimate of drug-likeness (QED) is 0.594. The van der Waals surface area contributed by atoms with Gasteiger partial charge in [0, 0.05) is 15.2 Å². The summed E-state index contributed by atoms with van der Waals surface area (Å²) in [5, 5.41) is 0.933. The first-order valence-corrected chi connectivity index (χ1v) is 6.45. The Morgan fingerprint density at radius 2 is 2.06 bits per heavy atom. The van der Waals surface area contributed by atoms with Crippen molar-refractivity contribution in [2.75, 3.05) is 6.61 Å². The van der Waals surface area contributed by atoms with E-state index in [1.165, 1.54) is 0 Å². The van der Waals surface area contributed by atoms with Gasteiger partial charge in [-0.3, -0.25) is 4.79 Å². The van der Waals surface area contributed by atoms with Crippen molar-refractivity contribution in [3.63, 3.8) is 0 Å². The van der Waals surface area contributed by atoms with Gasteiger partial charge in [0.2, 0.25) is 0 Å². The van der Waals surface area contributed by atoms with Crippen LogP contribution < -0.4 is 0 Å². The molecule has 0 N–H and O–H groups in total. The SMILES string of the molecule is CCOC(=O)CC(C)Sc1ccc(Cl)cc1. The van der Waals surface area contributed by atoms with Gasteiger partial charge in [-0.05, 0) is 31.2 Å². The molecule has 0 spiro atoms. The molecule has 4 heteroatoms. The van der Waals surface area contributed by atoms with E-state index in [1.807, 2.05) is 38.1 Å². The molecule has 1 atom stereocenters. The number of rotatable bonds is 5. The zero-order chi connectivity index (χ0) is 12.0. The Labute approximate surface area is 105 Å². The van der Waals surface area contributed by atoms with Crippen molar-refractivity contribution in [3.05, 3.63) is 29.3 Å². The molecular formula is C12H15ClO2S. The molecule has 0 aliphatic carbocycles. The monoisotopic (exact) mass is 258 g/mol. The molecule has 1 aromatic carbocycles. The van der Waals surface area contributed by atoms with Gasteiger partial charge < -0.3 is 4.74 Å². The molecule has 0 radical (unpaired) electrons. The summed E-state index contributed by atoms with van der Waals surface area (Å²) in [6, 6.07) is 7.60. The fraction of sp³-hybridized carbons (Fsp3) is 0.417. The van der Waals surface area contributed by atoms with Crippen LogP contribution in [0.5, 0.6) is 0 Å². The van der Waals surface area contributed by atoms with E-state index in [-0.39, 0.29) is 11.2 Å². The molecule has 0 saturated carbocycles. The Bertz CT molecular complexity index is 337. The maximum Gasteiger partial charge on any atom is 0.306 e.